The number of aryl methyl sites for hydroxylation is 1. The van der Waals surface area contributed by atoms with Gasteiger partial charge < -0.3 is 10.4 Å². The normalized spacial score (nSPS) is 20.8. The van der Waals surface area contributed by atoms with Gasteiger partial charge >= 0.3 is 0 Å². The van der Waals surface area contributed by atoms with E-state index in [1.54, 1.807) is 0 Å². The number of halogens is 1. The van der Waals surface area contributed by atoms with Crippen molar-refractivity contribution in [2.24, 2.45) is 0 Å². The molecule has 2 N–H and O–H groups in total. The lowest BCUT2D eigenvalue weighted by Gasteiger charge is -2.17. The van der Waals surface area contributed by atoms with E-state index in [0.29, 0.717) is 11.7 Å². The topological polar surface area (TPSA) is 32.3 Å². The molecule has 0 saturated heterocycles. The number of phenols is 1. The van der Waals surface area contributed by atoms with Crippen LogP contribution in [0.2, 0.25) is 0 Å². The molecule has 2 nitrogen and oxygen atoms in total. The van der Waals surface area contributed by atoms with Crippen molar-refractivity contribution in [3.63, 3.8) is 0 Å². The van der Waals surface area contributed by atoms with E-state index in [0.717, 1.165) is 17.7 Å². The number of nitrogens with one attached hydrogen (secondary N) is 1. The quantitative estimate of drug-likeness (QED) is 0.723. The van der Waals surface area contributed by atoms with Gasteiger partial charge in [0.25, 0.3) is 0 Å². The molecule has 1 aliphatic rings. The molecular weight excluding hydrogens is 361 g/mol. The van der Waals surface area contributed by atoms with Gasteiger partial charge in [0.05, 0.1) is 6.04 Å². The van der Waals surface area contributed by atoms with Crippen LogP contribution in [0, 0.1) is 10.5 Å². The first-order valence-corrected chi connectivity index (χ1v) is 7.98. The number of fused-ring (bicyclic) bond motifs is 1. The zero-order valence-corrected chi connectivity index (χ0v) is 13.8. The Bertz CT molecular complexity index is 653. The van der Waals surface area contributed by atoms with E-state index in [-0.39, 0.29) is 6.04 Å². The molecule has 0 heterocycles. The van der Waals surface area contributed by atoms with E-state index in [4.69, 9.17) is 0 Å². The highest BCUT2D eigenvalue weighted by molar-refractivity contribution is 14.1. The Morgan fingerprint density at radius 2 is 2.00 bits per heavy atom. The van der Waals surface area contributed by atoms with E-state index in [1.165, 1.54) is 14.7 Å². The van der Waals surface area contributed by atoms with Gasteiger partial charge in [-0.05, 0) is 77.2 Å². The maximum absolute atomic E-state index is 10.2. The van der Waals surface area contributed by atoms with Crippen LogP contribution in [0.3, 0.4) is 0 Å². The van der Waals surface area contributed by atoms with Crippen LogP contribution in [-0.4, -0.2) is 5.11 Å². The first-order chi connectivity index (χ1) is 9.56. The SMILES string of the molecule is Cc1ccc(O)c2c1C(C)CC2Nc1cccc(I)c1. The molecular formula is C17H18INO. The first kappa shape index (κ1) is 13.7. The van der Waals surface area contributed by atoms with E-state index in [1.807, 2.05) is 12.1 Å². The summed E-state index contributed by atoms with van der Waals surface area (Å²) in [6, 6.07) is 12.4. The molecule has 3 rings (SSSR count). The molecule has 2 aromatic carbocycles. The second-order valence-corrected chi connectivity index (χ2v) is 6.82. The third-order valence-corrected chi connectivity index (χ3v) is 4.75. The van der Waals surface area contributed by atoms with Crippen LogP contribution >= 0.6 is 22.6 Å². The Balaban J connectivity index is 1.97. The number of anilines is 1. The lowest BCUT2D eigenvalue weighted by molar-refractivity contribution is 0.465. The third kappa shape index (κ3) is 2.39. The van der Waals surface area contributed by atoms with Crippen molar-refractivity contribution < 1.29 is 5.11 Å². The Kier molecular flexibility index (Phi) is 3.63. The van der Waals surface area contributed by atoms with Crippen molar-refractivity contribution in [3.8, 4) is 5.75 Å². The molecule has 0 aromatic heterocycles. The highest BCUT2D eigenvalue weighted by Crippen LogP contribution is 2.47. The molecule has 0 bridgehead atoms. The van der Waals surface area contributed by atoms with Gasteiger partial charge in [-0.3, -0.25) is 0 Å². The van der Waals surface area contributed by atoms with Gasteiger partial charge in [-0.1, -0.05) is 19.1 Å². The van der Waals surface area contributed by atoms with Gasteiger partial charge in [0, 0.05) is 14.8 Å². The molecule has 0 amide bonds. The highest BCUT2D eigenvalue weighted by atomic mass is 127. The summed E-state index contributed by atoms with van der Waals surface area (Å²) in [5.41, 5.74) is 4.78. The van der Waals surface area contributed by atoms with Crippen LogP contribution < -0.4 is 5.32 Å². The minimum absolute atomic E-state index is 0.193. The predicted octanol–water partition coefficient (Wildman–Crippen LogP) is 4.97. The molecule has 2 unspecified atom stereocenters. The molecule has 104 valence electrons. The molecule has 0 spiro atoms. The fraction of sp³-hybridized carbons (Fsp3) is 0.294. The fourth-order valence-electron chi connectivity index (χ4n) is 3.25. The largest absolute Gasteiger partial charge is 0.508 e. The lowest BCUT2D eigenvalue weighted by Crippen LogP contribution is -2.07. The van der Waals surface area contributed by atoms with Gasteiger partial charge in [0.15, 0.2) is 0 Å². The van der Waals surface area contributed by atoms with Crippen LogP contribution in [0.5, 0.6) is 5.75 Å². The van der Waals surface area contributed by atoms with Crippen LogP contribution in [0.1, 0.15) is 42.0 Å². The summed E-state index contributed by atoms with van der Waals surface area (Å²) in [7, 11) is 0. The van der Waals surface area contributed by atoms with E-state index >= 15 is 0 Å². The van der Waals surface area contributed by atoms with Crippen LogP contribution in [-0.2, 0) is 0 Å². The van der Waals surface area contributed by atoms with Crippen molar-refractivity contribution in [2.45, 2.75) is 32.2 Å². The zero-order valence-electron chi connectivity index (χ0n) is 11.7. The maximum Gasteiger partial charge on any atom is 0.121 e. The zero-order chi connectivity index (χ0) is 14.3. The number of rotatable bonds is 2. The van der Waals surface area contributed by atoms with Crippen molar-refractivity contribution in [2.75, 3.05) is 5.32 Å². The summed E-state index contributed by atoms with van der Waals surface area (Å²) in [5, 5.41) is 13.8. The molecule has 2 atom stereocenters. The number of benzene rings is 2. The highest BCUT2D eigenvalue weighted by Gasteiger charge is 2.32. The van der Waals surface area contributed by atoms with Gasteiger partial charge in [-0.15, -0.1) is 0 Å². The lowest BCUT2D eigenvalue weighted by atomic mass is 9.97. The molecule has 0 aliphatic heterocycles. The number of phenolic OH excluding ortho intramolecular Hbond substituents is 1. The number of aromatic hydroxyl groups is 1. The summed E-state index contributed by atoms with van der Waals surface area (Å²) >= 11 is 2.32. The smallest absolute Gasteiger partial charge is 0.121 e. The summed E-state index contributed by atoms with van der Waals surface area (Å²) in [4.78, 5) is 0. The molecule has 0 saturated carbocycles. The first-order valence-electron chi connectivity index (χ1n) is 6.90. The monoisotopic (exact) mass is 379 g/mol. The average molecular weight is 379 g/mol. The molecule has 3 heteroatoms. The van der Waals surface area contributed by atoms with Gasteiger partial charge in [-0.25, -0.2) is 0 Å². The third-order valence-electron chi connectivity index (χ3n) is 4.08. The fourth-order valence-corrected chi connectivity index (χ4v) is 3.80. The summed E-state index contributed by atoms with van der Waals surface area (Å²) in [6.07, 6.45) is 1.03. The van der Waals surface area contributed by atoms with Gasteiger partial charge in [0.2, 0.25) is 0 Å². The molecule has 1 aliphatic carbocycles. The Morgan fingerprint density at radius 3 is 2.75 bits per heavy atom. The van der Waals surface area contributed by atoms with Crippen LogP contribution in [0.25, 0.3) is 0 Å². The Hall–Kier alpha value is -1.23. The van der Waals surface area contributed by atoms with E-state index < -0.39 is 0 Å². The minimum Gasteiger partial charge on any atom is -0.508 e. The van der Waals surface area contributed by atoms with Crippen molar-refractivity contribution in [1.82, 2.24) is 0 Å². The predicted molar refractivity (Wildman–Crippen MR) is 91.4 cm³/mol. The average Bonchev–Trinajstić information content (AvgIpc) is 2.72. The van der Waals surface area contributed by atoms with Crippen molar-refractivity contribution >= 4 is 28.3 Å². The summed E-state index contributed by atoms with van der Waals surface area (Å²) in [6.45, 7) is 4.37. The van der Waals surface area contributed by atoms with E-state index in [9.17, 15) is 5.11 Å². The maximum atomic E-state index is 10.2. The molecule has 2 aromatic rings. The molecule has 0 fully saturated rings. The second-order valence-electron chi connectivity index (χ2n) is 5.57. The van der Waals surface area contributed by atoms with Crippen molar-refractivity contribution in [3.05, 3.63) is 56.7 Å². The van der Waals surface area contributed by atoms with E-state index in [2.05, 4.69) is 66.0 Å². The standard InChI is InChI=1S/C17H18INO/c1-10-6-7-15(20)17-14(8-11(2)16(10)17)19-13-5-3-4-12(18)9-13/h3-7,9,11,14,19-20H,8H2,1-2H3. The van der Waals surface area contributed by atoms with Crippen LogP contribution in [0.15, 0.2) is 36.4 Å². The Labute approximate surface area is 133 Å². The summed E-state index contributed by atoms with van der Waals surface area (Å²) in [5.74, 6) is 0.899. The summed E-state index contributed by atoms with van der Waals surface area (Å²) < 4.78 is 1.22. The minimum atomic E-state index is 0.193. The van der Waals surface area contributed by atoms with Gasteiger partial charge in [0.1, 0.15) is 5.75 Å². The van der Waals surface area contributed by atoms with Crippen LogP contribution in [0.4, 0.5) is 5.69 Å². The molecule has 20 heavy (non-hydrogen) atoms. The van der Waals surface area contributed by atoms with Gasteiger partial charge in [-0.2, -0.15) is 0 Å². The molecule has 0 radical (unpaired) electrons. The Morgan fingerprint density at radius 1 is 1.20 bits per heavy atom. The number of hydrogen-bond acceptors (Lipinski definition) is 2. The van der Waals surface area contributed by atoms with Crippen molar-refractivity contribution in [1.29, 1.82) is 0 Å². The number of hydrogen-bond donors (Lipinski definition) is 2. The second kappa shape index (κ2) is 5.28.